The number of fused-ring (bicyclic) bond motifs is 1. The first kappa shape index (κ1) is 28.2. The average molecular weight is 615 g/mol. The van der Waals surface area contributed by atoms with E-state index in [4.69, 9.17) is 0 Å². The number of halogens is 1. The molecule has 3 N–H and O–H groups in total. The number of nitrogens with zero attached hydrogens (tertiary/aromatic N) is 1. The average Bonchev–Trinajstić information content (AvgIpc) is 3.52. The van der Waals surface area contributed by atoms with Crippen molar-refractivity contribution in [3.63, 3.8) is 0 Å². The summed E-state index contributed by atoms with van der Waals surface area (Å²) in [5.41, 5.74) is 1.66. The maximum Gasteiger partial charge on any atom is 0.244 e. The number of thioether (sulfide) groups is 1. The molecule has 208 valence electrons. The van der Waals surface area contributed by atoms with E-state index in [2.05, 4.69) is 33.5 Å². The minimum absolute atomic E-state index is 0.0110. The first-order valence-corrected chi connectivity index (χ1v) is 15.5. The predicted octanol–water partition coefficient (Wildman–Crippen LogP) is 4.00. The summed E-state index contributed by atoms with van der Waals surface area (Å²) in [6, 6.07) is 17.6. The van der Waals surface area contributed by atoms with Gasteiger partial charge in [0.25, 0.3) is 0 Å². The second-order valence-electron chi connectivity index (χ2n) is 11.0. The first-order valence-electron chi connectivity index (χ1n) is 13.8. The lowest BCUT2D eigenvalue weighted by Gasteiger charge is -2.38. The molecule has 0 aromatic heterocycles. The van der Waals surface area contributed by atoms with Crippen molar-refractivity contribution in [3.05, 3.63) is 66.2 Å². The maximum atomic E-state index is 14.4. The van der Waals surface area contributed by atoms with E-state index in [9.17, 15) is 19.5 Å². The molecule has 9 heteroatoms. The van der Waals surface area contributed by atoms with Crippen molar-refractivity contribution in [2.24, 2.45) is 11.8 Å². The molecule has 3 heterocycles. The van der Waals surface area contributed by atoms with Gasteiger partial charge >= 0.3 is 0 Å². The van der Waals surface area contributed by atoms with Crippen molar-refractivity contribution in [1.82, 2.24) is 10.2 Å². The molecule has 4 unspecified atom stereocenters. The third kappa shape index (κ3) is 5.13. The Labute approximate surface area is 242 Å². The number of anilines is 1. The monoisotopic (exact) mass is 613 g/mol. The Morgan fingerprint density at radius 3 is 2.44 bits per heavy atom. The number of para-hydroxylation sites is 1. The van der Waals surface area contributed by atoms with Gasteiger partial charge in [-0.05, 0) is 43.9 Å². The highest BCUT2D eigenvalue weighted by Gasteiger charge is 2.76. The Bertz CT molecular complexity index is 1200. The van der Waals surface area contributed by atoms with E-state index in [0.29, 0.717) is 18.5 Å². The largest absolute Gasteiger partial charge is 0.394 e. The van der Waals surface area contributed by atoms with Crippen LogP contribution in [0.4, 0.5) is 5.69 Å². The normalized spacial score (nSPS) is 30.6. The number of amides is 3. The van der Waals surface area contributed by atoms with E-state index >= 15 is 0 Å². The zero-order valence-electron chi connectivity index (χ0n) is 22.3. The van der Waals surface area contributed by atoms with Gasteiger partial charge in [-0.25, -0.2) is 0 Å². The zero-order chi connectivity index (χ0) is 27.7. The summed E-state index contributed by atoms with van der Waals surface area (Å²) in [5, 5.41) is 16.6. The SMILES string of the molecule is CCCC(C)NC(=O)C1N([C@@H](CO)Cc2ccccc2)C(=O)[C@@H]2[C@@H](C(=O)Nc3ccccc3)[C@@H]3SC12CC3Br. The number of carbonyl (C=O) groups excluding carboxylic acids is 3. The van der Waals surface area contributed by atoms with Crippen LogP contribution in [0.3, 0.4) is 0 Å². The molecule has 3 fully saturated rings. The third-order valence-electron chi connectivity index (χ3n) is 8.35. The summed E-state index contributed by atoms with van der Waals surface area (Å²) >= 11 is 5.42. The Morgan fingerprint density at radius 2 is 1.79 bits per heavy atom. The minimum Gasteiger partial charge on any atom is -0.394 e. The van der Waals surface area contributed by atoms with Crippen LogP contribution in [0.15, 0.2) is 60.7 Å². The van der Waals surface area contributed by atoms with E-state index in [1.165, 1.54) is 0 Å². The molecule has 2 aromatic rings. The molecule has 3 amide bonds. The van der Waals surface area contributed by atoms with E-state index in [1.807, 2.05) is 67.6 Å². The van der Waals surface area contributed by atoms with E-state index in [1.54, 1.807) is 16.7 Å². The van der Waals surface area contributed by atoms with E-state index in [0.717, 1.165) is 18.4 Å². The number of aliphatic hydroxyl groups excluding tert-OH is 1. The summed E-state index contributed by atoms with van der Waals surface area (Å²) in [7, 11) is 0. The van der Waals surface area contributed by atoms with Gasteiger partial charge in [0, 0.05) is 21.8 Å². The van der Waals surface area contributed by atoms with Gasteiger partial charge in [0.05, 0.1) is 29.2 Å². The van der Waals surface area contributed by atoms with Crippen molar-refractivity contribution >= 4 is 51.1 Å². The smallest absolute Gasteiger partial charge is 0.244 e. The van der Waals surface area contributed by atoms with Gasteiger partial charge in [-0.2, -0.15) is 0 Å². The molecule has 3 aliphatic rings. The lowest BCUT2D eigenvalue weighted by atomic mass is 9.70. The molecule has 3 saturated heterocycles. The molecule has 7 nitrogen and oxygen atoms in total. The second-order valence-corrected chi connectivity index (χ2v) is 13.7. The number of rotatable bonds is 10. The lowest BCUT2D eigenvalue weighted by molar-refractivity contribution is -0.142. The maximum absolute atomic E-state index is 14.4. The molecular formula is C30H36BrN3O4S. The molecule has 8 atom stereocenters. The van der Waals surface area contributed by atoms with Crippen LogP contribution < -0.4 is 10.6 Å². The molecule has 3 aliphatic heterocycles. The van der Waals surface area contributed by atoms with E-state index < -0.39 is 28.7 Å². The fourth-order valence-corrected chi connectivity index (χ4v) is 10.4. The number of likely N-dealkylation sites (tertiary alicyclic amines) is 1. The summed E-state index contributed by atoms with van der Waals surface area (Å²) in [6.45, 7) is 3.78. The summed E-state index contributed by atoms with van der Waals surface area (Å²) in [5.74, 6) is -1.85. The summed E-state index contributed by atoms with van der Waals surface area (Å²) in [6.07, 6.45) is 2.79. The highest BCUT2D eigenvalue weighted by atomic mass is 79.9. The zero-order valence-corrected chi connectivity index (χ0v) is 24.7. The third-order valence-corrected chi connectivity index (χ3v) is 11.6. The minimum atomic E-state index is -0.778. The molecule has 5 rings (SSSR count). The number of nitrogens with one attached hydrogen (secondary N) is 2. The molecule has 2 aromatic carbocycles. The van der Waals surface area contributed by atoms with Gasteiger partial charge in [0.1, 0.15) is 6.04 Å². The summed E-state index contributed by atoms with van der Waals surface area (Å²) < 4.78 is -0.755. The van der Waals surface area contributed by atoms with Gasteiger partial charge in [0.2, 0.25) is 17.7 Å². The Balaban J connectivity index is 1.52. The number of alkyl halides is 1. The topological polar surface area (TPSA) is 98.7 Å². The molecule has 0 radical (unpaired) electrons. The lowest BCUT2D eigenvalue weighted by Crippen LogP contribution is -2.58. The van der Waals surface area contributed by atoms with Gasteiger partial charge in [-0.3, -0.25) is 14.4 Å². The highest BCUT2D eigenvalue weighted by molar-refractivity contribution is 9.09. The van der Waals surface area contributed by atoms with Crippen LogP contribution in [-0.4, -0.2) is 67.3 Å². The number of carbonyl (C=O) groups is 3. The summed E-state index contributed by atoms with van der Waals surface area (Å²) in [4.78, 5) is 43.8. The van der Waals surface area contributed by atoms with Gasteiger partial charge in [0.15, 0.2) is 0 Å². The van der Waals surface area contributed by atoms with Gasteiger partial charge in [-0.1, -0.05) is 77.8 Å². The van der Waals surface area contributed by atoms with Crippen molar-refractivity contribution < 1.29 is 19.5 Å². The number of aliphatic hydroxyl groups is 1. The van der Waals surface area contributed by atoms with Crippen LogP contribution in [0.1, 0.15) is 38.7 Å². The van der Waals surface area contributed by atoms with Crippen LogP contribution in [0, 0.1) is 11.8 Å². The van der Waals surface area contributed by atoms with Crippen LogP contribution in [-0.2, 0) is 20.8 Å². The Kier molecular flexibility index (Phi) is 8.40. The molecule has 0 saturated carbocycles. The van der Waals surface area contributed by atoms with Gasteiger partial charge in [-0.15, -0.1) is 11.8 Å². The number of hydrogen-bond donors (Lipinski definition) is 3. The van der Waals surface area contributed by atoms with Crippen molar-refractivity contribution in [3.8, 4) is 0 Å². The Hall–Kier alpha value is -2.36. The highest BCUT2D eigenvalue weighted by Crippen LogP contribution is 2.68. The molecule has 0 aliphatic carbocycles. The van der Waals surface area contributed by atoms with E-state index in [-0.39, 0.29) is 40.4 Å². The quantitative estimate of drug-likeness (QED) is 0.352. The van der Waals surface area contributed by atoms with Crippen LogP contribution in [0.25, 0.3) is 0 Å². The second kappa shape index (κ2) is 11.6. The standard InChI is InChI=1S/C30H36BrN3O4S/c1-3-10-18(2)32-28(37)26-30-16-22(31)25(39-30)23(27(36)33-20-13-8-5-9-14-20)24(30)29(38)34(26)21(17-35)15-19-11-6-4-7-12-19/h4-9,11-14,18,21-26,35H,3,10,15-17H2,1-2H3,(H,32,37)(H,33,36)/t18?,21-,22?,23-,24+,25-,26?,30?/m1/s1. The molecule has 2 bridgehead atoms. The Morgan fingerprint density at radius 1 is 1.13 bits per heavy atom. The first-order chi connectivity index (χ1) is 18.8. The van der Waals surface area contributed by atoms with Crippen LogP contribution in [0.2, 0.25) is 0 Å². The van der Waals surface area contributed by atoms with Crippen molar-refractivity contribution in [2.75, 3.05) is 11.9 Å². The molecule has 39 heavy (non-hydrogen) atoms. The number of hydrogen-bond acceptors (Lipinski definition) is 5. The van der Waals surface area contributed by atoms with Crippen molar-refractivity contribution in [2.45, 2.75) is 72.5 Å². The van der Waals surface area contributed by atoms with Gasteiger partial charge < -0.3 is 20.6 Å². The molecule has 1 spiro atoms. The van der Waals surface area contributed by atoms with Crippen molar-refractivity contribution in [1.29, 1.82) is 0 Å². The fraction of sp³-hybridized carbons (Fsp3) is 0.500. The predicted molar refractivity (Wildman–Crippen MR) is 158 cm³/mol. The van der Waals surface area contributed by atoms with Crippen LogP contribution >= 0.6 is 27.7 Å². The van der Waals surface area contributed by atoms with Crippen LogP contribution in [0.5, 0.6) is 0 Å². The fourth-order valence-electron chi connectivity index (χ4n) is 6.77. The molecular weight excluding hydrogens is 578 g/mol. The number of benzene rings is 2.